The van der Waals surface area contributed by atoms with Gasteiger partial charge in [-0.15, -0.1) is 0 Å². The summed E-state index contributed by atoms with van der Waals surface area (Å²) in [5.74, 6) is -1.16. The topological polar surface area (TPSA) is 38.1 Å². The van der Waals surface area contributed by atoms with Crippen molar-refractivity contribution in [2.45, 2.75) is 32.9 Å². The lowest BCUT2D eigenvalue weighted by atomic mass is 10.1. The molecule has 2 rings (SSSR count). The van der Waals surface area contributed by atoms with E-state index in [9.17, 15) is 8.78 Å². The first kappa shape index (κ1) is 13.7. The van der Waals surface area contributed by atoms with Gasteiger partial charge in [0.05, 0.1) is 18.3 Å². The van der Waals surface area contributed by atoms with E-state index in [1.54, 1.807) is 0 Å². The molecule has 0 saturated carbocycles. The van der Waals surface area contributed by atoms with Crippen molar-refractivity contribution in [3.8, 4) is 11.3 Å². The van der Waals surface area contributed by atoms with E-state index in [0.717, 1.165) is 6.07 Å². The summed E-state index contributed by atoms with van der Waals surface area (Å²) in [6, 6.07) is 3.96. The van der Waals surface area contributed by atoms with Crippen molar-refractivity contribution in [2.24, 2.45) is 0 Å². The lowest BCUT2D eigenvalue weighted by Gasteiger charge is -2.18. The zero-order valence-corrected chi connectivity index (χ0v) is 11.1. The molecule has 3 nitrogen and oxygen atoms in total. The molecule has 5 heteroatoms. The normalized spacial score (nSPS) is 11.8. The Morgan fingerprint density at radius 2 is 2.00 bits per heavy atom. The van der Waals surface area contributed by atoms with Gasteiger partial charge in [-0.2, -0.15) is 0 Å². The Labute approximate surface area is 110 Å². The van der Waals surface area contributed by atoms with Crippen LogP contribution in [0.3, 0.4) is 0 Å². The van der Waals surface area contributed by atoms with Crippen molar-refractivity contribution in [1.82, 2.24) is 10.3 Å². The van der Waals surface area contributed by atoms with Crippen LogP contribution in [0.4, 0.5) is 8.78 Å². The predicted octanol–water partition coefficient (Wildman–Crippen LogP) is 3.51. The third-order valence-electron chi connectivity index (χ3n) is 2.54. The SMILES string of the molecule is CC(C)(C)NCc1ncc(-c2cccc(F)c2F)o1. The number of hydrogen-bond donors (Lipinski definition) is 1. The molecule has 1 aromatic carbocycles. The smallest absolute Gasteiger partial charge is 0.208 e. The van der Waals surface area contributed by atoms with Crippen LogP contribution in [0.1, 0.15) is 26.7 Å². The van der Waals surface area contributed by atoms with Crippen LogP contribution in [-0.4, -0.2) is 10.5 Å². The standard InChI is InChI=1S/C14H16F2N2O/c1-14(2,3)18-8-12-17-7-11(19-12)9-5-4-6-10(15)13(9)16/h4-7,18H,8H2,1-3H3. The van der Waals surface area contributed by atoms with Crippen molar-refractivity contribution < 1.29 is 13.2 Å². The third-order valence-corrected chi connectivity index (χ3v) is 2.54. The van der Waals surface area contributed by atoms with Gasteiger partial charge in [0.25, 0.3) is 0 Å². The average molecular weight is 266 g/mol. The van der Waals surface area contributed by atoms with Gasteiger partial charge in [-0.25, -0.2) is 13.8 Å². The van der Waals surface area contributed by atoms with Crippen LogP contribution in [-0.2, 0) is 6.54 Å². The second-order valence-electron chi connectivity index (χ2n) is 5.32. The van der Waals surface area contributed by atoms with Gasteiger partial charge < -0.3 is 9.73 Å². The Balaban J connectivity index is 2.19. The number of nitrogens with one attached hydrogen (secondary N) is 1. The summed E-state index contributed by atoms with van der Waals surface area (Å²) in [6.45, 7) is 6.48. The van der Waals surface area contributed by atoms with E-state index < -0.39 is 11.6 Å². The van der Waals surface area contributed by atoms with Gasteiger partial charge in [-0.3, -0.25) is 0 Å². The minimum absolute atomic E-state index is 0.0707. The zero-order valence-electron chi connectivity index (χ0n) is 11.1. The van der Waals surface area contributed by atoms with Crippen molar-refractivity contribution in [1.29, 1.82) is 0 Å². The molecule has 19 heavy (non-hydrogen) atoms. The summed E-state index contributed by atoms with van der Waals surface area (Å²) in [6.07, 6.45) is 1.40. The lowest BCUT2D eigenvalue weighted by molar-refractivity contribution is 0.383. The number of rotatable bonds is 3. The number of aromatic nitrogens is 1. The fourth-order valence-corrected chi connectivity index (χ4v) is 1.55. The molecule has 0 amide bonds. The van der Waals surface area contributed by atoms with Crippen molar-refractivity contribution in [3.05, 3.63) is 41.9 Å². The minimum atomic E-state index is -0.922. The zero-order chi connectivity index (χ0) is 14.0. The maximum Gasteiger partial charge on any atom is 0.208 e. The van der Waals surface area contributed by atoms with Gasteiger partial charge in [0, 0.05) is 5.54 Å². The average Bonchev–Trinajstić information content (AvgIpc) is 2.78. The highest BCUT2D eigenvalue weighted by Gasteiger charge is 2.15. The number of hydrogen-bond acceptors (Lipinski definition) is 3. The van der Waals surface area contributed by atoms with Gasteiger partial charge in [0.1, 0.15) is 0 Å². The summed E-state index contributed by atoms with van der Waals surface area (Å²) in [5.41, 5.74) is 0.00755. The molecule has 0 aliphatic carbocycles. The van der Waals surface area contributed by atoms with Gasteiger partial charge in [0.15, 0.2) is 17.4 Å². The van der Waals surface area contributed by atoms with E-state index in [2.05, 4.69) is 10.3 Å². The predicted molar refractivity (Wildman–Crippen MR) is 68.4 cm³/mol. The highest BCUT2D eigenvalue weighted by atomic mass is 19.2. The van der Waals surface area contributed by atoms with E-state index in [1.807, 2.05) is 20.8 Å². The first-order valence-electron chi connectivity index (χ1n) is 6.01. The Bertz CT molecular complexity index is 573. The Morgan fingerprint density at radius 1 is 1.26 bits per heavy atom. The maximum atomic E-state index is 13.6. The molecular weight excluding hydrogens is 250 g/mol. The molecule has 0 bridgehead atoms. The highest BCUT2D eigenvalue weighted by Crippen LogP contribution is 2.25. The summed E-state index contributed by atoms with van der Waals surface area (Å²) in [5, 5.41) is 3.20. The van der Waals surface area contributed by atoms with Crippen LogP contribution in [0.25, 0.3) is 11.3 Å². The van der Waals surface area contributed by atoms with Crippen LogP contribution < -0.4 is 5.32 Å². The van der Waals surface area contributed by atoms with E-state index >= 15 is 0 Å². The Kier molecular flexibility index (Phi) is 3.66. The number of benzene rings is 1. The summed E-state index contributed by atoms with van der Waals surface area (Å²) < 4.78 is 32.1. The van der Waals surface area contributed by atoms with Gasteiger partial charge in [0.2, 0.25) is 5.89 Å². The Morgan fingerprint density at radius 3 is 2.68 bits per heavy atom. The maximum absolute atomic E-state index is 13.6. The largest absolute Gasteiger partial charge is 0.439 e. The van der Waals surface area contributed by atoms with E-state index in [-0.39, 0.29) is 16.9 Å². The van der Waals surface area contributed by atoms with E-state index in [1.165, 1.54) is 18.3 Å². The molecular formula is C14H16F2N2O. The quantitative estimate of drug-likeness (QED) is 0.923. The molecule has 0 fully saturated rings. The van der Waals surface area contributed by atoms with Crippen LogP contribution in [0, 0.1) is 11.6 Å². The van der Waals surface area contributed by atoms with Crippen LogP contribution in [0.2, 0.25) is 0 Å². The van der Waals surface area contributed by atoms with Crippen molar-refractivity contribution >= 4 is 0 Å². The lowest BCUT2D eigenvalue weighted by Crippen LogP contribution is -2.35. The Hall–Kier alpha value is -1.75. The summed E-state index contributed by atoms with van der Waals surface area (Å²) in [4.78, 5) is 4.05. The highest BCUT2D eigenvalue weighted by molar-refractivity contribution is 5.57. The number of halogens is 2. The number of nitrogens with zero attached hydrogens (tertiary/aromatic N) is 1. The molecule has 0 atom stereocenters. The fourth-order valence-electron chi connectivity index (χ4n) is 1.55. The minimum Gasteiger partial charge on any atom is -0.439 e. The van der Waals surface area contributed by atoms with Crippen LogP contribution >= 0.6 is 0 Å². The monoisotopic (exact) mass is 266 g/mol. The molecule has 0 spiro atoms. The van der Waals surface area contributed by atoms with Crippen LogP contribution in [0.15, 0.2) is 28.8 Å². The fraction of sp³-hybridized carbons (Fsp3) is 0.357. The molecule has 0 radical (unpaired) electrons. The van der Waals surface area contributed by atoms with Crippen molar-refractivity contribution in [2.75, 3.05) is 0 Å². The molecule has 0 aliphatic heterocycles. The molecule has 0 saturated heterocycles. The molecule has 1 heterocycles. The van der Waals surface area contributed by atoms with Crippen LogP contribution in [0.5, 0.6) is 0 Å². The second kappa shape index (κ2) is 5.09. The third kappa shape index (κ3) is 3.38. The van der Waals surface area contributed by atoms with E-state index in [0.29, 0.717) is 12.4 Å². The molecule has 0 unspecified atom stereocenters. The second-order valence-corrected chi connectivity index (χ2v) is 5.32. The molecule has 0 aliphatic rings. The van der Waals surface area contributed by atoms with Crippen molar-refractivity contribution in [3.63, 3.8) is 0 Å². The van der Waals surface area contributed by atoms with Gasteiger partial charge >= 0.3 is 0 Å². The number of oxazole rings is 1. The van der Waals surface area contributed by atoms with Gasteiger partial charge in [-0.05, 0) is 32.9 Å². The molecule has 1 aromatic heterocycles. The molecule has 102 valence electrons. The molecule has 1 N–H and O–H groups in total. The first-order chi connectivity index (χ1) is 8.87. The summed E-state index contributed by atoms with van der Waals surface area (Å²) in [7, 11) is 0. The van der Waals surface area contributed by atoms with E-state index in [4.69, 9.17) is 4.42 Å². The van der Waals surface area contributed by atoms with Gasteiger partial charge in [-0.1, -0.05) is 6.07 Å². The summed E-state index contributed by atoms with van der Waals surface area (Å²) >= 11 is 0. The first-order valence-corrected chi connectivity index (χ1v) is 6.01. The molecule has 2 aromatic rings.